The van der Waals surface area contributed by atoms with Crippen LogP contribution in [0.4, 0.5) is 5.69 Å². The van der Waals surface area contributed by atoms with Gasteiger partial charge >= 0.3 is 0 Å². The smallest absolute Gasteiger partial charge is 0.228 e. The SMILES string of the molecule is N#Cc1ccc(NC(=O)C2C3CC4CC(C3)CC2C4)cc1. The van der Waals surface area contributed by atoms with Crippen LogP contribution in [0.25, 0.3) is 0 Å². The van der Waals surface area contributed by atoms with Gasteiger partial charge < -0.3 is 5.32 Å². The molecule has 0 heterocycles. The Labute approximate surface area is 125 Å². The molecule has 4 aliphatic rings. The highest BCUT2D eigenvalue weighted by Gasteiger charge is 2.50. The average Bonchev–Trinajstić information content (AvgIpc) is 2.47. The predicted molar refractivity (Wildman–Crippen MR) is 80.3 cm³/mol. The fraction of sp³-hybridized carbons (Fsp3) is 0.556. The summed E-state index contributed by atoms with van der Waals surface area (Å²) in [6, 6.07) is 9.26. The number of anilines is 1. The summed E-state index contributed by atoms with van der Waals surface area (Å²) >= 11 is 0. The minimum absolute atomic E-state index is 0.202. The van der Waals surface area contributed by atoms with E-state index in [9.17, 15) is 4.79 Å². The molecule has 0 spiro atoms. The molecule has 4 saturated carbocycles. The second-order valence-electron chi connectivity index (χ2n) is 7.13. The Morgan fingerprint density at radius 3 is 2.10 bits per heavy atom. The van der Waals surface area contributed by atoms with Crippen molar-refractivity contribution in [1.82, 2.24) is 0 Å². The second kappa shape index (κ2) is 4.87. The zero-order chi connectivity index (χ0) is 14.4. The Balaban J connectivity index is 1.48. The van der Waals surface area contributed by atoms with Crippen LogP contribution in [0.15, 0.2) is 24.3 Å². The predicted octanol–water partition coefficient (Wildman–Crippen LogP) is 3.57. The monoisotopic (exact) mass is 280 g/mol. The summed E-state index contributed by atoms with van der Waals surface area (Å²) < 4.78 is 0. The first-order chi connectivity index (χ1) is 10.2. The quantitative estimate of drug-likeness (QED) is 0.900. The Morgan fingerprint density at radius 1 is 1.00 bits per heavy atom. The van der Waals surface area contributed by atoms with Crippen LogP contribution in [0.1, 0.15) is 37.7 Å². The van der Waals surface area contributed by atoms with E-state index in [0.29, 0.717) is 17.4 Å². The maximum absolute atomic E-state index is 12.7. The van der Waals surface area contributed by atoms with Crippen LogP contribution in [-0.2, 0) is 4.79 Å². The average molecular weight is 280 g/mol. The Kier molecular flexibility index (Phi) is 2.99. The highest BCUT2D eigenvalue weighted by Crippen LogP contribution is 2.56. The molecule has 0 atom stereocenters. The van der Waals surface area contributed by atoms with Gasteiger partial charge in [-0.25, -0.2) is 0 Å². The molecule has 108 valence electrons. The molecular formula is C18H20N2O. The Hall–Kier alpha value is -1.82. The lowest BCUT2D eigenvalue weighted by Crippen LogP contribution is -2.49. The summed E-state index contributed by atoms with van der Waals surface area (Å²) in [7, 11) is 0. The summed E-state index contributed by atoms with van der Waals surface area (Å²) in [5, 5.41) is 11.9. The number of hydrogen-bond acceptors (Lipinski definition) is 2. The Morgan fingerprint density at radius 2 is 1.57 bits per heavy atom. The number of nitrogens with one attached hydrogen (secondary N) is 1. The first-order valence-electron chi connectivity index (χ1n) is 8.04. The van der Waals surface area contributed by atoms with Crippen molar-refractivity contribution in [1.29, 1.82) is 5.26 Å². The molecule has 4 aliphatic carbocycles. The zero-order valence-electron chi connectivity index (χ0n) is 12.1. The van der Waals surface area contributed by atoms with E-state index >= 15 is 0 Å². The number of amides is 1. The van der Waals surface area contributed by atoms with Gasteiger partial charge in [0.2, 0.25) is 5.91 Å². The molecule has 3 nitrogen and oxygen atoms in total. The summed E-state index contributed by atoms with van der Waals surface area (Å²) in [6.07, 6.45) is 6.46. The third kappa shape index (κ3) is 2.23. The number of nitriles is 1. The minimum atomic E-state index is 0.202. The van der Waals surface area contributed by atoms with Crippen molar-refractivity contribution in [3.05, 3.63) is 29.8 Å². The van der Waals surface area contributed by atoms with Crippen molar-refractivity contribution in [2.45, 2.75) is 32.1 Å². The van der Waals surface area contributed by atoms with E-state index in [1.807, 2.05) is 12.1 Å². The van der Waals surface area contributed by atoms with Gasteiger partial charge in [-0.2, -0.15) is 5.26 Å². The summed E-state index contributed by atoms with van der Waals surface area (Å²) in [5.74, 6) is 3.43. The van der Waals surface area contributed by atoms with E-state index in [-0.39, 0.29) is 11.8 Å². The van der Waals surface area contributed by atoms with Crippen molar-refractivity contribution >= 4 is 11.6 Å². The molecule has 1 aromatic rings. The number of hydrogen-bond donors (Lipinski definition) is 1. The number of carbonyl (C=O) groups is 1. The maximum Gasteiger partial charge on any atom is 0.228 e. The minimum Gasteiger partial charge on any atom is -0.326 e. The van der Waals surface area contributed by atoms with E-state index < -0.39 is 0 Å². The van der Waals surface area contributed by atoms with Crippen LogP contribution in [0.3, 0.4) is 0 Å². The molecule has 0 radical (unpaired) electrons. The number of nitrogens with zero attached hydrogens (tertiary/aromatic N) is 1. The molecule has 3 heteroatoms. The summed E-state index contributed by atoms with van der Waals surface area (Å²) in [5.41, 5.74) is 1.44. The summed E-state index contributed by atoms with van der Waals surface area (Å²) in [6.45, 7) is 0. The summed E-state index contributed by atoms with van der Waals surface area (Å²) in [4.78, 5) is 12.7. The molecule has 21 heavy (non-hydrogen) atoms. The maximum atomic E-state index is 12.7. The van der Waals surface area contributed by atoms with E-state index in [4.69, 9.17) is 5.26 Å². The lowest BCUT2D eigenvalue weighted by atomic mass is 9.51. The third-order valence-corrected chi connectivity index (χ3v) is 5.81. The Bertz CT molecular complexity index is 571. The standard InChI is InChI=1S/C18H20N2O/c19-10-11-1-3-16(4-2-11)20-18(21)17-14-6-12-5-13(8-14)9-15(17)7-12/h1-4,12-15,17H,5-9H2,(H,20,21). The molecule has 1 aromatic carbocycles. The fourth-order valence-corrected chi connectivity index (χ4v) is 5.21. The molecule has 4 fully saturated rings. The van der Waals surface area contributed by atoms with Gasteiger partial charge in [0.05, 0.1) is 11.6 Å². The largest absolute Gasteiger partial charge is 0.326 e. The number of carbonyl (C=O) groups excluding carboxylic acids is 1. The van der Waals surface area contributed by atoms with E-state index in [0.717, 1.165) is 17.5 Å². The molecule has 0 aliphatic heterocycles. The molecule has 1 amide bonds. The molecule has 5 rings (SSSR count). The van der Waals surface area contributed by atoms with Gasteiger partial charge in [-0.15, -0.1) is 0 Å². The topological polar surface area (TPSA) is 52.9 Å². The fourth-order valence-electron chi connectivity index (χ4n) is 5.21. The first kappa shape index (κ1) is 12.9. The lowest BCUT2D eigenvalue weighted by Gasteiger charge is -2.53. The van der Waals surface area contributed by atoms with Crippen LogP contribution in [0, 0.1) is 40.9 Å². The molecule has 4 bridgehead atoms. The third-order valence-electron chi connectivity index (χ3n) is 5.81. The van der Waals surface area contributed by atoms with Crippen molar-refractivity contribution in [2.24, 2.45) is 29.6 Å². The van der Waals surface area contributed by atoms with Gasteiger partial charge in [-0.05, 0) is 80.0 Å². The van der Waals surface area contributed by atoms with Gasteiger partial charge in [0, 0.05) is 11.6 Å². The van der Waals surface area contributed by atoms with Crippen molar-refractivity contribution in [2.75, 3.05) is 5.32 Å². The van der Waals surface area contributed by atoms with Gasteiger partial charge in [-0.3, -0.25) is 4.79 Å². The van der Waals surface area contributed by atoms with E-state index in [1.165, 1.54) is 32.1 Å². The molecular weight excluding hydrogens is 260 g/mol. The van der Waals surface area contributed by atoms with Gasteiger partial charge in [0.25, 0.3) is 0 Å². The first-order valence-corrected chi connectivity index (χ1v) is 8.04. The highest BCUT2D eigenvalue weighted by molar-refractivity contribution is 5.93. The van der Waals surface area contributed by atoms with Crippen molar-refractivity contribution < 1.29 is 4.79 Å². The lowest BCUT2D eigenvalue weighted by molar-refractivity contribution is -0.132. The van der Waals surface area contributed by atoms with Crippen LogP contribution < -0.4 is 5.32 Å². The van der Waals surface area contributed by atoms with Crippen molar-refractivity contribution in [3.8, 4) is 6.07 Å². The molecule has 0 saturated heterocycles. The van der Waals surface area contributed by atoms with Gasteiger partial charge in [0.15, 0.2) is 0 Å². The normalized spacial score (nSPS) is 36.2. The van der Waals surface area contributed by atoms with Crippen LogP contribution in [0.2, 0.25) is 0 Å². The van der Waals surface area contributed by atoms with E-state index in [1.54, 1.807) is 12.1 Å². The zero-order valence-corrected chi connectivity index (χ0v) is 12.1. The van der Waals surface area contributed by atoms with Crippen molar-refractivity contribution in [3.63, 3.8) is 0 Å². The molecule has 0 aromatic heterocycles. The molecule has 0 unspecified atom stereocenters. The number of rotatable bonds is 2. The van der Waals surface area contributed by atoms with Gasteiger partial charge in [0.1, 0.15) is 0 Å². The van der Waals surface area contributed by atoms with Crippen LogP contribution in [0.5, 0.6) is 0 Å². The molecule has 1 N–H and O–H groups in total. The van der Waals surface area contributed by atoms with Crippen LogP contribution in [-0.4, -0.2) is 5.91 Å². The van der Waals surface area contributed by atoms with Gasteiger partial charge in [-0.1, -0.05) is 0 Å². The number of benzene rings is 1. The highest BCUT2D eigenvalue weighted by atomic mass is 16.1. The van der Waals surface area contributed by atoms with E-state index in [2.05, 4.69) is 11.4 Å². The second-order valence-corrected chi connectivity index (χ2v) is 7.13. The van der Waals surface area contributed by atoms with Crippen LogP contribution >= 0.6 is 0 Å².